The summed E-state index contributed by atoms with van der Waals surface area (Å²) in [5.74, 6) is 0.532. The molecule has 3 aromatic rings. The van der Waals surface area contributed by atoms with Crippen molar-refractivity contribution in [1.82, 2.24) is 29.5 Å². The number of fused-ring (bicyclic) bond motifs is 1. The number of carbonyl (C=O) groups is 3. The van der Waals surface area contributed by atoms with Crippen molar-refractivity contribution in [2.45, 2.75) is 58.4 Å². The minimum Gasteiger partial charge on any atom is -0.339 e. The summed E-state index contributed by atoms with van der Waals surface area (Å²) >= 11 is 13.2. The Kier molecular flexibility index (Phi) is 7.56. The molecule has 0 bridgehead atoms. The minimum absolute atomic E-state index is 0.00410. The molecule has 2 fully saturated rings. The third kappa shape index (κ3) is 5.29. The van der Waals surface area contributed by atoms with Crippen molar-refractivity contribution in [2.24, 2.45) is 5.92 Å². The van der Waals surface area contributed by atoms with E-state index in [9.17, 15) is 14.4 Å². The highest BCUT2D eigenvalue weighted by Gasteiger charge is 2.37. The first-order valence-corrected chi connectivity index (χ1v) is 14.3. The zero-order valence-corrected chi connectivity index (χ0v) is 24.8. The maximum absolute atomic E-state index is 13.5. The number of aromatic nitrogens is 4. The quantitative estimate of drug-likeness (QED) is 0.303. The van der Waals surface area contributed by atoms with Crippen molar-refractivity contribution in [3.05, 3.63) is 57.7 Å². The fourth-order valence-corrected chi connectivity index (χ4v) is 6.33. The SMILES string of the molecule is C=CC(=O)N1CC(CC(=O)c2c(Cl)nc(CCc3[nH]nc4cc(Cl)c(C(C)(C)C)cc34)n2C2CN(C(C)=O)C2)C1. The Morgan fingerprint density at radius 1 is 1.10 bits per heavy atom. The molecular formula is C29H34Cl2N6O3. The smallest absolute Gasteiger partial charge is 0.245 e. The second-order valence-electron chi connectivity index (χ2n) is 11.9. The van der Waals surface area contributed by atoms with E-state index in [0.717, 1.165) is 22.2 Å². The minimum atomic E-state index is -0.129. The highest BCUT2D eigenvalue weighted by Crippen LogP contribution is 2.35. The average molecular weight is 586 g/mol. The number of Topliss-reactive ketones (excluding diaryl/α,β-unsaturated/α-hetero) is 1. The Morgan fingerprint density at radius 2 is 1.80 bits per heavy atom. The monoisotopic (exact) mass is 584 g/mol. The molecule has 0 radical (unpaired) electrons. The summed E-state index contributed by atoms with van der Waals surface area (Å²) < 4.78 is 1.94. The van der Waals surface area contributed by atoms with Crippen molar-refractivity contribution < 1.29 is 14.4 Å². The molecule has 0 saturated carbocycles. The van der Waals surface area contributed by atoms with Gasteiger partial charge in [0.1, 0.15) is 11.5 Å². The number of aromatic amines is 1. The highest BCUT2D eigenvalue weighted by atomic mass is 35.5. The lowest BCUT2D eigenvalue weighted by Gasteiger charge is -2.41. The number of amides is 2. The molecule has 2 saturated heterocycles. The summed E-state index contributed by atoms with van der Waals surface area (Å²) in [6.45, 7) is 13.5. The third-order valence-corrected chi connectivity index (χ3v) is 8.50. The van der Waals surface area contributed by atoms with Gasteiger partial charge in [-0.3, -0.25) is 19.5 Å². The maximum atomic E-state index is 13.5. The molecule has 2 amide bonds. The van der Waals surface area contributed by atoms with Crippen molar-refractivity contribution in [1.29, 1.82) is 0 Å². The molecule has 11 heteroatoms. The predicted molar refractivity (Wildman–Crippen MR) is 155 cm³/mol. The van der Waals surface area contributed by atoms with Crippen LogP contribution in [0.15, 0.2) is 24.8 Å². The number of hydrogen-bond acceptors (Lipinski definition) is 5. The number of ketones is 1. The van der Waals surface area contributed by atoms with Crippen LogP contribution in [-0.4, -0.2) is 73.3 Å². The third-order valence-electron chi connectivity index (χ3n) is 7.92. The van der Waals surface area contributed by atoms with Gasteiger partial charge < -0.3 is 14.4 Å². The molecule has 0 aliphatic carbocycles. The van der Waals surface area contributed by atoms with Gasteiger partial charge in [0.15, 0.2) is 10.9 Å². The number of rotatable bonds is 8. The van der Waals surface area contributed by atoms with Gasteiger partial charge in [0.05, 0.1) is 11.6 Å². The Bertz CT molecular complexity index is 1510. The van der Waals surface area contributed by atoms with Crippen molar-refractivity contribution >= 4 is 51.7 Å². The van der Waals surface area contributed by atoms with E-state index in [-0.39, 0.29) is 46.5 Å². The summed E-state index contributed by atoms with van der Waals surface area (Å²) in [5, 5.41) is 9.48. The number of imidazole rings is 1. The first-order valence-electron chi connectivity index (χ1n) is 13.5. The maximum Gasteiger partial charge on any atom is 0.245 e. The number of nitrogens with zero attached hydrogens (tertiary/aromatic N) is 5. The lowest BCUT2D eigenvalue weighted by Crippen LogP contribution is -2.51. The Balaban J connectivity index is 1.40. The first kappa shape index (κ1) is 28.4. The van der Waals surface area contributed by atoms with Gasteiger partial charge in [0, 0.05) is 68.0 Å². The van der Waals surface area contributed by atoms with Gasteiger partial charge in [-0.2, -0.15) is 5.10 Å². The van der Waals surface area contributed by atoms with Crippen LogP contribution in [0.4, 0.5) is 0 Å². The summed E-state index contributed by atoms with van der Waals surface area (Å²) in [6.07, 6.45) is 2.69. The van der Waals surface area contributed by atoms with E-state index in [1.807, 2.05) is 10.6 Å². The standard InChI is InChI=1S/C29H34Cl2N6O3/c1-6-26(40)36-12-17(13-36)9-24(39)27-28(31)32-25(37(27)18-14-35(15-18)16(2)38)8-7-22-19-10-20(29(3,4)5)21(30)11-23(19)34-33-22/h6,10-11,17-18H,1,7-9,12-15H2,2-5H3,(H,33,34). The molecule has 2 aliphatic heterocycles. The van der Waals surface area contributed by atoms with Crippen LogP contribution in [0.5, 0.6) is 0 Å². The molecule has 0 unspecified atom stereocenters. The van der Waals surface area contributed by atoms with Gasteiger partial charge in [-0.05, 0) is 35.6 Å². The molecule has 40 heavy (non-hydrogen) atoms. The number of carbonyl (C=O) groups excluding carboxylic acids is 3. The van der Waals surface area contributed by atoms with Crippen LogP contribution in [0.1, 0.15) is 67.7 Å². The van der Waals surface area contributed by atoms with E-state index < -0.39 is 0 Å². The van der Waals surface area contributed by atoms with Crippen molar-refractivity contribution in [3.63, 3.8) is 0 Å². The molecule has 2 aromatic heterocycles. The number of H-pyrrole nitrogens is 1. The number of halogens is 2. The average Bonchev–Trinajstić information content (AvgIpc) is 3.36. The number of benzene rings is 1. The molecule has 0 atom stereocenters. The van der Waals surface area contributed by atoms with Crippen LogP contribution >= 0.6 is 23.2 Å². The zero-order chi connectivity index (χ0) is 28.9. The normalized spacial score (nSPS) is 16.2. The number of aryl methyl sites for hydroxylation is 2. The molecule has 212 valence electrons. The van der Waals surface area contributed by atoms with Gasteiger partial charge in [-0.25, -0.2) is 4.98 Å². The Labute approximate surface area is 243 Å². The Morgan fingerprint density at radius 3 is 2.42 bits per heavy atom. The second kappa shape index (κ2) is 10.7. The van der Waals surface area contributed by atoms with E-state index >= 15 is 0 Å². The van der Waals surface area contributed by atoms with Gasteiger partial charge in [-0.15, -0.1) is 0 Å². The molecule has 5 rings (SSSR count). The second-order valence-corrected chi connectivity index (χ2v) is 12.6. The molecule has 0 spiro atoms. The fraction of sp³-hybridized carbons (Fsp3) is 0.483. The van der Waals surface area contributed by atoms with Crippen LogP contribution < -0.4 is 0 Å². The van der Waals surface area contributed by atoms with Crippen molar-refractivity contribution in [3.8, 4) is 0 Å². The van der Waals surface area contributed by atoms with E-state index in [1.54, 1.807) is 16.7 Å². The van der Waals surface area contributed by atoms with Gasteiger partial charge in [-0.1, -0.05) is 50.6 Å². The summed E-state index contributed by atoms with van der Waals surface area (Å²) in [4.78, 5) is 45.2. The summed E-state index contributed by atoms with van der Waals surface area (Å²) in [6, 6.07) is 3.91. The predicted octanol–water partition coefficient (Wildman–Crippen LogP) is 4.77. The lowest BCUT2D eigenvalue weighted by molar-refractivity contribution is -0.134. The van der Waals surface area contributed by atoms with Crippen LogP contribution in [0.2, 0.25) is 10.2 Å². The number of hydrogen-bond donors (Lipinski definition) is 1. The summed E-state index contributed by atoms with van der Waals surface area (Å²) in [5.41, 5.74) is 3.06. The lowest BCUT2D eigenvalue weighted by atomic mass is 9.86. The first-order chi connectivity index (χ1) is 18.9. The van der Waals surface area contributed by atoms with E-state index in [2.05, 4.69) is 48.6 Å². The molecule has 1 N–H and O–H groups in total. The molecule has 1 aromatic carbocycles. The van der Waals surface area contributed by atoms with Gasteiger partial charge in [0.25, 0.3) is 0 Å². The highest BCUT2D eigenvalue weighted by molar-refractivity contribution is 6.33. The molecule has 2 aliphatic rings. The topological polar surface area (TPSA) is 104 Å². The van der Waals surface area contributed by atoms with Crippen LogP contribution in [0, 0.1) is 5.92 Å². The van der Waals surface area contributed by atoms with Crippen LogP contribution in [0.25, 0.3) is 10.9 Å². The Hall–Kier alpha value is -3.17. The van der Waals surface area contributed by atoms with Crippen LogP contribution in [-0.2, 0) is 27.8 Å². The van der Waals surface area contributed by atoms with Gasteiger partial charge >= 0.3 is 0 Å². The zero-order valence-electron chi connectivity index (χ0n) is 23.3. The van der Waals surface area contributed by atoms with Gasteiger partial charge in [0.2, 0.25) is 11.8 Å². The molecule has 9 nitrogen and oxygen atoms in total. The van der Waals surface area contributed by atoms with E-state index in [4.69, 9.17) is 23.2 Å². The van der Waals surface area contributed by atoms with E-state index in [0.29, 0.717) is 55.6 Å². The fourth-order valence-electron chi connectivity index (χ4n) is 5.60. The molecule has 4 heterocycles. The largest absolute Gasteiger partial charge is 0.339 e. The summed E-state index contributed by atoms with van der Waals surface area (Å²) in [7, 11) is 0. The molecular weight excluding hydrogens is 551 g/mol. The number of nitrogens with one attached hydrogen (secondary N) is 1. The van der Waals surface area contributed by atoms with E-state index in [1.165, 1.54) is 6.08 Å². The van der Waals surface area contributed by atoms with Crippen molar-refractivity contribution in [2.75, 3.05) is 26.2 Å². The number of likely N-dealkylation sites (tertiary alicyclic amines) is 2. The van der Waals surface area contributed by atoms with Crippen LogP contribution in [0.3, 0.4) is 0 Å².